The lowest BCUT2D eigenvalue weighted by Crippen LogP contribution is -2.50. The Kier molecular flexibility index (Phi) is 5.82. The van der Waals surface area contributed by atoms with Gasteiger partial charge in [0, 0.05) is 56.5 Å². The number of likely N-dealkylation sites (tertiary alicyclic amines) is 1. The first kappa shape index (κ1) is 21.5. The molecule has 0 radical (unpaired) electrons. The van der Waals surface area contributed by atoms with Crippen LogP contribution in [0.5, 0.6) is 0 Å². The van der Waals surface area contributed by atoms with E-state index in [0.29, 0.717) is 29.6 Å². The van der Waals surface area contributed by atoms with Crippen LogP contribution < -0.4 is 5.32 Å². The molecule has 0 aromatic carbocycles. The zero-order valence-corrected chi connectivity index (χ0v) is 19.4. The normalized spacial score (nSPS) is 16.9. The van der Waals surface area contributed by atoms with E-state index >= 15 is 0 Å². The number of aryl methyl sites for hydroxylation is 2. The van der Waals surface area contributed by atoms with Gasteiger partial charge in [-0.25, -0.2) is 9.67 Å². The Balaban J connectivity index is 1.25. The number of anilines is 1. The summed E-state index contributed by atoms with van der Waals surface area (Å²) in [6, 6.07) is 2.38. The molecular weight excluding hydrogens is 416 g/mol. The first-order valence-corrected chi connectivity index (χ1v) is 11.3. The highest BCUT2D eigenvalue weighted by atomic mass is 16.5. The van der Waals surface area contributed by atoms with E-state index in [2.05, 4.69) is 48.6 Å². The molecule has 1 saturated carbocycles. The molecule has 9 nitrogen and oxygen atoms in total. The maximum absolute atomic E-state index is 5.36. The minimum Gasteiger partial charge on any atom is -0.379 e. The summed E-state index contributed by atoms with van der Waals surface area (Å²) in [4.78, 5) is 11.3. The van der Waals surface area contributed by atoms with E-state index in [9.17, 15) is 0 Å². The van der Waals surface area contributed by atoms with Gasteiger partial charge in [0.1, 0.15) is 0 Å². The summed E-state index contributed by atoms with van der Waals surface area (Å²) in [6.07, 6.45) is 12.4. The van der Waals surface area contributed by atoms with Gasteiger partial charge >= 0.3 is 0 Å². The quantitative estimate of drug-likeness (QED) is 0.505. The summed E-state index contributed by atoms with van der Waals surface area (Å²) in [7, 11) is 1.76. The molecule has 1 aliphatic heterocycles. The van der Waals surface area contributed by atoms with E-state index in [-0.39, 0.29) is 0 Å². The smallest absolute Gasteiger partial charge is 0.229 e. The summed E-state index contributed by atoms with van der Waals surface area (Å²) in [5.74, 6) is 1.19. The molecule has 0 amide bonds. The van der Waals surface area contributed by atoms with Crippen LogP contribution in [-0.2, 0) is 11.3 Å². The molecule has 2 fully saturated rings. The van der Waals surface area contributed by atoms with Gasteiger partial charge in [0.15, 0.2) is 5.82 Å². The van der Waals surface area contributed by atoms with Crippen LogP contribution in [0.15, 0.2) is 43.0 Å². The summed E-state index contributed by atoms with van der Waals surface area (Å²) in [6.45, 7) is 11.0. The molecule has 3 aromatic rings. The van der Waals surface area contributed by atoms with Gasteiger partial charge in [0.2, 0.25) is 5.95 Å². The number of hydrogen-bond donors (Lipinski definition) is 1. The average molecular weight is 447 g/mol. The lowest BCUT2D eigenvalue weighted by atomic mass is 10.1. The van der Waals surface area contributed by atoms with Gasteiger partial charge in [-0.1, -0.05) is 6.58 Å². The third-order valence-electron chi connectivity index (χ3n) is 6.16. The predicted molar refractivity (Wildman–Crippen MR) is 127 cm³/mol. The van der Waals surface area contributed by atoms with Crippen molar-refractivity contribution in [2.24, 2.45) is 0 Å². The van der Waals surface area contributed by atoms with E-state index in [1.807, 2.05) is 37.5 Å². The van der Waals surface area contributed by atoms with Crippen molar-refractivity contribution in [2.75, 3.05) is 25.5 Å². The Bertz CT molecular complexity index is 1180. The molecule has 0 unspecified atom stereocenters. The lowest BCUT2D eigenvalue weighted by Gasteiger charge is -2.37. The van der Waals surface area contributed by atoms with Gasteiger partial charge in [0.05, 0.1) is 29.7 Å². The fraction of sp³-hybridized carbons (Fsp3) is 0.417. The van der Waals surface area contributed by atoms with Crippen LogP contribution in [0.4, 0.5) is 5.95 Å². The SMILES string of the molecule is C=C(/C=C\c1c(C)cnn1C1CC1)Nc1nccc(-n2cc(CN3CC(OC)C3)c(C)n2)n1. The molecule has 172 valence electrons. The van der Waals surface area contributed by atoms with Crippen molar-refractivity contribution in [1.82, 2.24) is 34.4 Å². The molecule has 2 aliphatic rings. The van der Waals surface area contributed by atoms with Crippen LogP contribution >= 0.6 is 0 Å². The molecule has 1 N–H and O–H groups in total. The van der Waals surface area contributed by atoms with Crippen molar-refractivity contribution in [2.45, 2.75) is 45.4 Å². The van der Waals surface area contributed by atoms with E-state index < -0.39 is 0 Å². The van der Waals surface area contributed by atoms with Crippen LogP contribution in [0.25, 0.3) is 11.9 Å². The van der Waals surface area contributed by atoms with Gasteiger partial charge < -0.3 is 10.1 Å². The third kappa shape index (κ3) is 4.74. The summed E-state index contributed by atoms with van der Waals surface area (Å²) in [5, 5.41) is 12.3. The molecule has 4 heterocycles. The zero-order valence-electron chi connectivity index (χ0n) is 19.4. The molecule has 0 spiro atoms. The molecular formula is C24H30N8O. The second-order valence-corrected chi connectivity index (χ2v) is 8.85. The molecule has 1 aliphatic carbocycles. The number of nitrogens with zero attached hydrogens (tertiary/aromatic N) is 7. The van der Waals surface area contributed by atoms with Gasteiger partial charge in [-0.3, -0.25) is 9.58 Å². The third-order valence-corrected chi connectivity index (χ3v) is 6.16. The van der Waals surface area contributed by atoms with Crippen LogP contribution in [0.3, 0.4) is 0 Å². The number of hydrogen-bond acceptors (Lipinski definition) is 7. The van der Waals surface area contributed by atoms with E-state index in [0.717, 1.165) is 36.6 Å². The first-order valence-electron chi connectivity index (χ1n) is 11.3. The zero-order chi connectivity index (χ0) is 22.9. The van der Waals surface area contributed by atoms with Gasteiger partial charge in [-0.15, -0.1) is 0 Å². The molecule has 0 atom stereocenters. The van der Waals surface area contributed by atoms with Crippen molar-refractivity contribution in [1.29, 1.82) is 0 Å². The minimum absolute atomic E-state index is 0.344. The number of ether oxygens (including phenoxy) is 1. The highest BCUT2D eigenvalue weighted by molar-refractivity contribution is 5.55. The van der Waals surface area contributed by atoms with E-state index in [1.165, 1.54) is 18.4 Å². The van der Waals surface area contributed by atoms with E-state index in [4.69, 9.17) is 4.74 Å². The minimum atomic E-state index is 0.344. The van der Waals surface area contributed by atoms with Crippen LogP contribution in [0.1, 0.15) is 41.4 Å². The lowest BCUT2D eigenvalue weighted by molar-refractivity contribution is -0.0334. The Morgan fingerprint density at radius 1 is 1.30 bits per heavy atom. The topological polar surface area (TPSA) is 85.9 Å². The number of nitrogens with one attached hydrogen (secondary N) is 1. The maximum Gasteiger partial charge on any atom is 0.229 e. The van der Waals surface area contributed by atoms with E-state index in [1.54, 1.807) is 18.0 Å². The Morgan fingerprint density at radius 3 is 2.88 bits per heavy atom. The van der Waals surface area contributed by atoms with Crippen molar-refractivity contribution in [3.8, 4) is 5.82 Å². The maximum atomic E-state index is 5.36. The predicted octanol–water partition coefficient (Wildman–Crippen LogP) is 3.28. The number of rotatable bonds is 9. The Morgan fingerprint density at radius 2 is 2.12 bits per heavy atom. The highest BCUT2D eigenvalue weighted by Crippen LogP contribution is 2.36. The first-order chi connectivity index (χ1) is 16.0. The van der Waals surface area contributed by atoms with Crippen LogP contribution in [-0.4, -0.2) is 60.7 Å². The fourth-order valence-corrected chi connectivity index (χ4v) is 3.99. The largest absolute Gasteiger partial charge is 0.379 e. The second kappa shape index (κ2) is 8.92. The summed E-state index contributed by atoms with van der Waals surface area (Å²) >= 11 is 0. The molecule has 5 rings (SSSR count). The monoisotopic (exact) mass is 446 g/mol. The van der Waals surface area contributed by atoms with Gasteiger partial charge in [0.25, 0.3) is 0 Å². The average Bonchev–Trinajstić information content (AvgIpc) is 3.46. The number of aromatic nitrogens is 6. The fourth-order valence-electron chi connectivity index (χ4n) is 3.99. The van der Waals surface area contributed by atoms with Crippen molar-refractivity contribution in [3.63, 3.8) is 0 Å². The molecule has 0 bridgehead atoms. The standard InChI is InChI=1S/C24H30N8O/c1-16-11-26-32(20-6-7-20)22(16)8-5-17(2)27-24-25-10-9-23(28-24)31-13-19(18(3)29-31)12-30-14-21(15-30)33-4/h5,8-11,13,20-21H,2,6-7,12,14-15H2,1,3-4H3,(H,25,27,28)/b8-5-. The Labute approximate surface area is 193 Å². The van der Waals surface area contributed by atoms with Crippen molar-refractivity contribution in [3.05, 3.63) is 65.5 Å². The molecule has 9 heteroatoms. The number of methoxy groups -OCH3 is 1. The van der Waals surface area contributed by atoms with Gasteiger partial charge in [-0.2, -0.15) is 15.2 Å². The van der Waals surface area contributed by atoms with Crippen LogP contribution in [0.2, 0.25) is 0 Å². The highest BCUT2D eigenvalue weighted by Gasteiger charge is 2.27. The molecule has 33 heavy (non-hydrogen) atoms. The summed E-state index contributed by atoms with van der Waals surface area (Å²) < 4.78 is 9.27. The molecule has 1 saturated heterocycles. The number of allylic oxidation sites excluding steroid dienone is 1. The van der Waals surface area contributed by atoms with Crippen LogP contribution in [0, 0.1) is 13.8 Å². The summed E-state index contributed by atoms with van der Waals surface area (Å²) in [5.41, 5.74) is 5.17. The second-order valence-electron chi connectivity index (χ2n) is 8.85. The Hall–Kier alpha value is -3.30. The van der Waals surface area contributed by atoms with Gasteiger partial charge in [-0.05, 0) is 44.4 Å². The van der Waals surface area contributed by atoms with Crippen molar-refractivity contribution >= 4 is 12.0 Å². The van der Waals surface area contributed by atoms with Crippen molar-refractivity contribution < 1.29 is 4.74 Å². The molecule has 3 aromatic heterocycles.